The molecule has 1 rings (SSSR count). The van der Waals surface area contributed by atoms with E-state index >= 15 is 0 Å². The number of ether oxygens (including phenoxy) is 1. The Labute approximate surface area is 140 Å². The highest BCUT2D eigenvalue weighted by molar-refractivity contribution is 5.82. The van der Waals surface area contributed by atoms with E-state index in [4.69, 9.17) is 4.74 Å². The van der Waals surface area contributed by atoms with Gasteiger partial charge in [0.25, 0.3) is 0 Å². The van der Waals surface area contributed by atoms with E-state index in [-0.39, 0.29) is 30.0 Å². The topological polar surface area (TPSA) is 61.9 Å². The molecular weight excluding hydrogens is 294 g/mol. The van der Waals surface area contributed by atoms with Gasteiger partial charge in [0, 0.05) is 19.1 Å². The molecule has 0 aromatic heterocycles. The standard InChI is InChI=1S/C17H33N3O3/c1-12(2)14(19(6)7)15(21)20-10-8-13(9-11-20)18-16(22)23-17(3,4)5/h12-14H,8-11H2,1-7H3,(H,18,22)/t14-/m1/s1. The van der Waals surface area contributed by atoms with Crippen LogP contribution in [0.25, 0.3) is 0 Å². The number of amides is 2. The van der Waals surface area contributed by atoms with Gasteiger partial charge in [-0.2, -0.15) is 0 Å². The van der Waals surface area contributed by atoms with Crippen molar-refractivity contribution < 1.29 is 14.3 Å². The maximum Gasteiger partial charge on any atom is 0.407 e. The number of rotatable bonds is 4. The number of likely N-dealkylation sites (tertiary alicyclic amines) is 1. The largest absolute Gasteiger partial charge is 0.444 e. The third kappa shape index (κ3) is 6.37. The summed E-state index contributed by atoms with van der Waals surface area (Å²) in [6.07, 6.45) is 1.16. The Morgan fingerprint density at radius 2 is 1.70 bits per heavy atom. The van der Waals surface area contributed by atoms with Crippen LogP contribution in [0.15, 0.2) is 0 Å². The lowest BCUT2D eigenvalue weighted by Gasteiger charge is -2.37. The summed E-state index contributed by atoms with van der Waals surface area (Å²) in [6.45, 7) is 11.0. The van der Waals surface area contributed by atoms with Crippen molar-refractivity contribution in [2.45, 2.75) is 65.1 Å². The van der Waals surface area contributed by atoms with Gasteiger partial charge in [-0.1, -0.05) is 13.8 Å². The third-order valence-electron chi connectivity index (χ3n) is 3.97. The quantitative estimate of drug-likeness (QED) is 0.859. The van der Waals surface area contributed by atoms with Crippen molar-refractivity contribution in [3.05, 3.63) is 0 Å². The fourth-order valence-electron chi connectivity index (χ4n) is 3.01. The van der Waals surface area contributed by atoms with Gasteiger partial charge < -0.3 is 15.0 Å². The van der Waals surface area contributed by atoms with Gasteiger partial charge in [-0.25, -0.2) is 4.79 Å². The van der Waals surface area contributed by atoms with E-state index in [2.05, 4.69) is 19.2 Å². The third-order valence-corrected chi connectivity index (χ3v) is 3.97. The van der Waals surface area contributed by atoms with E-state index in [0.29, 0.717) is 13.1 Å². The first-order valence-corrected chi connectivity index (χ1v) is 8.46. The second kappa shape index (κ2) is 7.99. The summed E-state index contributed by atoms with van der Waals surface area (Å²) in [5, 5.41) is 2.90. The fourth-order valence-corrected chi connectivity index (χ4v) is 3.01. The van der Waals surface area contributed by atoms with Crippen LogP contribution in [0.5, 0.6) is 0 Å². The zero-order valence-electron chi connectivity index (χ0n) is 15.7. The molecule has 6 heteroatoms. The Bertz CT molecular complexity index is 400. The minimum absolute atomic E-state index is 0.0748. The van der Waals surface area contributed by atoms with Crippen LogP contribution in [0, 0.1) is 5.92 Å². The molecule has 23 heavy (non-hydrogen) atoms. The Morgan fingerprint density at radius 1 is 1.17 bits per heavy atom. The van der Waals surface area contributed by atoms with Crippen molar-refractivity contribution in [2.75, 3.05) is 27.2 Å². The maximum atomic E-state index is 12.7. The second-order valence-corrected chi connectivity index (χ2v) is 7.90. The highest BCUT2D eigenvalue weighted by Crippen LogP contribution is 2.17. The highest BCUT2D eigenvalue weighted by atomic mass is 16.6. The molecular formula is C17H33N3O3. The minimum atomic E-state index is -0.489. The average molecular weight is 327 g/mol. The number of alkyl carbamates (subject to hydrolysis) is 1. The van der Waals surface area contributed by atoms with Gasteiger partial charge in [-0.3, -0.25) is 9.69 Å². The Kier molecular flexibility index (Phi) is 6.86. The summed E-state index contributed by atoms with van der Waals surface area (Å²) in [4.78, 5) is 28.4. The number of hydrogen-bond donors (Lipinski definition) is 1. The van der Waals surface area contributed by atoms with Crippen LogP contribution in [0.3, 0.4) is 0 Å². The molecule has 0 bridgehead atoms. The number of carbonyl (C=O) groups excluding carboxylic acids is 2. The molecule has 1 atom stereocenters. The Hall–Kier alpha value is -1.30. The van der Waals surface area contributed by atoms with Crippen LogP contribution >= 0.6 is 0 Å². The molecule has 1 N–H and O–H groups in total. The van der Waals surface area contributed by atoms with Crippen LogP contribution in [0.1, 0.15) is 47.5 Å². The van der Waals surface area contributed by atoms with E-state index in [0.717, 1.165) is 12.8 Å². The molecule has 134 valence electrons. The summed E-state index contributed by atoms with van der Waals surface area (Å²) in [5.74, 6) is 0.454. The van der Waals surface area contributed by atoms with Crippen LogP contribution in [-0.2, 0) is 9.53 Å². The number of likely N-dealkylation sites (N-methyl/N-ethyl adjacent to an activating group) is 1. The van der Waals surface area contributed by atoms with E-state index in [1.165, 1.54) is 0 Å². The number of hydrogen-bond acceptors (Lipinski definition) is 4. The lowest BCUT2D eigenvalue weighted by atomic mass is 9.99. The molecule has 2 amide bonds. The first-order valence-electron chi connectivity index (χ1n) is 8.46. The molecule has 0 radical (unpaired) electrons. The lowest BCUT2D eigenvalue weighted by Crippen LogP contribution is -2.53. The SMILES string of the molecule is CC(C)[C@H](C(=O)N1CCC(NC(=O)OC(C)(C)C)CC1)N(C)C. The first-order chi connectivity index (χ1) is 10.5. The molecule has 1 aliphatic rings. The van der Waals surface area contributed by atoms with Crippen molar-refractivity contribution in [1.29, 1.82) is 0 Å². The van der Waals surface area contributed by atoms with E-state index in [1.807, 2.05) is 44.7 Å². The van der Waals surface area contributed by atoms with Crippen molar-refractivity contribution in [2.24, 2.45) is 5.92 Å². The minimum Gasteiger partial charge on any atom is -0.444 e. The molecule has 1 fully saturated rings. The Balaban J connectivity index is 2.49. The number of nitrogens with zero attached hydrogens (tertiary/aromatic N) is 2. The summed E-state index contributed by atoms with van der Waals surface area (Å²) in [7, 11) is 3.89. The van der Waals surface area contributed by atoms with Gasteiger partial charge in [0.15, 0.2) is 0 Å². The van der Waals surface area contributed by atoms with Crippen molar-refractivity contribution in [3.8, 4) is 0 Å². The number of carbonyl (C=O) groups is 2. The molecule has 0 spiro atoms. The van der Waals surface area contributed by atoms with E-state index in [1.54, 1.807) is 0 Å². The van der Waals surface area contributed by atoms with Crippen molar-refractivity contribution in [3.63, 3.8) is 0 Å². The number of piperidine rings is 1. The fraction of sp³-hybridized carbons (Fsp3) is 0.882. The molecule has 0 aromatic carbocycles. The normalized spacial score (nSPS) is 18.2. The van der Waals surface area contributed by atoms with Gasteiger partial charge in [0.1, 0.15) is 5.60 Å². The summed E-state index contributed by atoms with van der Waals surface area (Å²) in [5.41, 5.74) is -0.489. The molecule has 0 unspecified atom stereocenters. The first kappa shape index (κ1) is 19.7. The van der Waals surface area contributed by atoms with Crippen LogP contribution < -0.4 is 5.32 Å². The van der Waals surface area contributed by atoms with Gasteiger partial charge >= 0.3 is 6.09 Å². The molecule has 1 aliphatic heterocycles. The van der Waals surface area contributed by atoms with Crippen molar-refractivity contribution >= 4 is 12.0 Å². The zero-order valence-corrected chi connectivity index (χ0v) is 15.7. The summed E-state index contributed by atoms with van der Waals surface area (Å²) < 4.78 is 5.28. The lowest BCUT2D eigenvalue weighted by molar-refractivity contribution is -0.138. The second-order valence-electron chi connectivity index (χ2n) is 7.90. The van der Waals surface area contributed by atoms with Crippen LogP contribution in [0.2, 0.25) is 0 Å². The van der Waals surface area contributed by atoms with Gasteiger partial charge in [-0.15, -0.1) is 0 Å². The number of nitrogens with one attached hydrogen (secondary N) is 1. The summed E-state index contributed by atoms with van der Waals surface area (Å²) in [6, 6.07) is -0.0175. The zero-order chi connectivity index (χ0) is 17.8. The monoisotopic (exact) mass is 327 g/mol. The van der Waals surface area contributed by atoms with Gasteiger partial charge in [-0.05, 0) is 53.6 Å². The van der Waals surface area contributed by atoms with Crippen molar-refractivity contribution in [1.82, 2.24) is 15.1 Å². The van der Waals surface area contributed by atoms with Gasteiger partial charge in [0.05, 0.1) is 6.04 Å². The molecule has 0 aromatic rings. The average Bonchev–Trinajstić information content (AvgIpc) is 2.36. The van der Waals surface area contributed by atoms with Crippen LogP contribution in [0.4, 0.5) is 4.79 Å². The molecule has 1 heterocycles. The highest BCUT2D eigenvalue weighted by Gasteiger charge is 2.32. The molecule has 6 nitrogen and oxygen atoms in total. The molecule has 1 saturated heterocycles. The Morgan fingerprint density at radius 3 is 2.09 bits per heavy atom. The molecule has 0 saturated carbocycles. The molecule has 0 aliphatic carbocycles. The van der Waals surface area contributed by atoms with Gasteiger partial charge in [0.2, 0.25) is 5.91 Å². The van der Waals surface area contributed by atoms with Crippen LogP contribution in [-0.4, -0.2) is 66.7 Å². The summed E-state index contributed by atoms with van der Waals surface area (Å²) >= 11 is 0. The predicted octanol–water partition coefficient (Wildman–Crippen LogP) is 2.09. The smallest absolute Gasteiger partial charge is 0.407 e. The maximum absolute atomic E-state index is 12.7. The van der Waals surface area contributed by atoms with E-state index < -0.39 is 5.60 Å². The van der Waals surface area contributed by atoms with E-state index in [9.17, 15) is 9.59 Å². The predicted molar refractivity (Wildman–Crippen MR) is 91.3 cm³/mol.